The second-order valence-corrected chi connectivity index (χ2v) is 4.31. The predicted molar refractivity (Wildman–Crippen MR) is 67.7 cm³/mol. The Balaban J connectivity index is 2.54. The molecule has 5 nitrogen and oxygen atoms in total. The number of anilines is 1. The molecule has 1 heterocycles. The molecule has 0 fully saturated rings. The predicted octanol–water partition coefficient (Wildman–Crippen LogP) is 2.55. The minimum absolute atomic E-state index is 0.221. The van der Waals surface area contributed by atoms with Crippen LogP contribution in [0.25, 0.3) is 11.4 Å². The zero-order valence-corrected chi connectivity index (χ0v) is 10.5. The molecule has 0 amide bonds. The number of tetrazole rings is 1. The lowest BCUT2D eigenvalue weighted by Gasteiger charge is -2.12. The van der Waals surface area contributed by atoms with Crippen molar-refractivity contribution in [3.63, 3.8) is 0 Å². The van der Waals surface area contributed by atoms with Crippen LogP contribution < -0.4 is 5.73 Å². The van der Waals surface area contributed by atoms with Crippen molar-refractivity contribution in [3.8, 4) is 11.4 Å². The van der Waals surface area contributed by atoms with Gasteiger partial charge in [0.1, 0.15) is 0 Å². The number of nitrogens with two attached hydrogens (primary N) is 1. The summed E-state index contributed by atoms with van der Waals surface area (Å²) in [7, 11) is 0. The Labute approximate surface area is 105 Å². The fourth-order valence-electron chi connectivity index (χ4n) is 1.57. The maximum Gasteiger partial charge on any atom is 0.184 e. The molecule has 0 aliphatic rings. The second kappa shape index (κ2) is 4.71. The minimum atomic E-state index is 0.221. The maximum atomic E-state index is 5.99. The molecular formula is C11H14ClN5. The fraction of sp³-hybridized carbons (Fsp3) is 0.364. The Morgan fingerprint density at radius 1 is 1.47 bits per heavy atom. The van der Waals surface area contributed by atoms with Crippen LogP contribution in [0.2, 0.25) is 5.02 Å². The van der Waals surface area contributed by atoms with Crippen LogP contribution in [-0.4, -0.2) is 20.2 Å². The number of nitrogen functional groups attached to an aromatic ring is 1. The van der Waals surface area contributed by atoms with Gasteiger partial charge in [-0.15, -0.1) is 5.10 Å². The minimum Gasteiger partial charge on any atom is -0.397 e. The van der Waals surface area contributed by atoms with Crippen molar-refractivity contribution >= 4 is 17.3 Å². The molecule has 90 valence electrons. The third-order valence-electron chi connectivity index (χ3n) is 2.79. The Morgan fingerprint density at radius 2 is 2.24 bits per heavy atom. The van der Waals surface area contributed by atoms with Gasteiger partial charge in [0.25, 0.3) is 0 Å². The van der Waals surface area contributed by atoms with E-state index in [9.17, 15) is 0 Å². The standard InChI is InChI=1S/C11H14ClN5/c1-3-7(2)17-11(14-15-16-17)8-5-4-6-9(12)10(8)13/h4-7H,3,13H2,1-2H3. The molecule has 0 aliphatic heterocycles. The van der Waals surface area contributed by atoms with Crippen molar-refractivity contribution in [1.29, 1.82) is 0 Å². The SMILES string of the molecule is CCC(C)n1nnnc1-c1cccc(Cl)c1N. The molecule has 1 atom stereocenters. The lowest BCUT2D eigenvalue weighted by Crippen LogP contribution is -2.08. The van der Waals surface area contributed by atoms with Crippen molar-refractivity contribution < 1.29 is 0 Å². The maximum absolute atomic E-state index is 5.99. The Bertz CT molecular complexity index is 522. The summed E-state index contributed by atoms with van der Waals surface area (Å²) < 4.78 is 1.77. The molecule has 1 unspecified atom stereocenters. The van der Waals surface area contributed by atoms with Gasteiger partial charge in [-0.05, 0) is 35.9 Å². The first-order valence-corrected chi connectivity index (χ1v) is 5.85. The van der Waals surface area contributed by atoms with Gasteiger partial charge in [-0.3, -0.25) is 0 Å². The first kappa shape index (κ1) is 11.9. The van der Waals surface area contributed by atoms with E-state index in [0.29, 0.717) is 16.5 Å². The highest BCUT2D eigenvalue weighted by atomic mass is 35.5. The van der Waals surface area contributed by atoms with Crippen LogP contribution in [0.4, 0.5) is 5.69 Å². The third kappa shape index (κ3) is 2.10. The van der Waals surface area contributed by atoms with Crippen molar-refractivity contribution in [2.45, 2.75) is 26.3 Å². The number of para-hydroxylation sites is 1. The zero-order chi connectivity index (χ0) is 12.4. The van der Waals surface area contributed by atoms with Crippen molar-refractivity contribution in [3.05, 3.63) is 23.2 Å². The second-order valence-electron chi connectivity index (χ2n) is 3.91. The van der Waals surface area contributed by atoms with Crippen LogP contribution in [0, 0.1) is 0 Å². The van der Waals surface area contributed by atoms with Crippen LogP contribution in [0.15, 0.2) is 18.2 Å². The largest absolute Gasteiger partial charge is 0.397 e. The molecule has 2 aromatic rings. The van der Waals surface area contributed by atoms with Gasteiger partial charge in [0.15, 0.2) is 5.82 Å². The summed E-state index contributed by atoms with van der Waals surface area (Å²) in [4.78, 5) is 0. The number of hydrogen-bond donors (Lipinski definition) is 1. The molecule has 6 heteroatoms. The summed E-state index contributed by atoms with van der Waals surface area (Å²) in [6, 6.07) is 5.67. The molecule has 17 heavy (non-hydrogen) atoms. The number of halogens is 1. The molecule has 0 saturated heterocycles. The number of hydrogen-bond acceptors (Lipinski definition) is 4. The molecule has 0 saturated carbocycles. The smallest absolute Gasteiger partial charge is 0.184 e. The van der Waals surface area contributed by atoms with E-state index in [1.54, 1.807) is 10.7 Å². The van der Waals surface area contributed by atoms with Crippen LogP contribution >= 0.6 is 11.6 Å². The number of rotatable bonds is 3. The van der Waals surface area contributed by atoms with Crippen molar-refractivity contribution in [1.82, 2.24) is 20.2 Å². The summed E-state index contributed by atoms with van der Waals surface area (Å²) in [5.41, 5.74) is 7.22. The molecule has 0 aliphatic carbocycles. The van der Waals surface area contributed by atoms with Gasteiger partial charge in [-0.1, -0.05) is 24.6 Å². The zero-order valence-electron chi connectivity index (χ0n) is 9.76. The average molecular weight is 252 g/mol. The number of nitrogens with zero attached hydrogens (tertiary/aromatic N) is 4. The summed E-state index contributed by atoms with van der Waals surface area (Å²) in [6.45, 7) is 4.14. The van der Waals surface area contributed by atoms with Gasteiger partial charge >= 0.3 is 0 Å². The summed E-state index contributed by atoms with van der Waals surface area (Å²) in [5, 5.41) is 12.2. The molecule has 1 aromatic carbocycles. The highest BCUT2D eigenvalue weighted by Crippen LogP contribution is 2.30. The van der Waals surface area contributed by atoms with Crippen LogP contribution in [0.3, 0.4) is 0 Å². The van der Waals surface area contributed by atoms with Gasteiger partial charge < -0.3 is 5.73 Å². The van der Waals surface area contributed by atoms with Crippen molar-refractivity contribution in [2.24, 2.45) is 0 Å². The van der Waals surface area contributed by atoms with E-state index in [1.165, 1.54) is 0 Å². The quantitative estimate of drug-likeness (QED) is 0.851. The van der Waals surface area contributed by atoms with Crippen LogP contribution in [-0.2, 0) is 0 Å². The summed E-state index contributed by atoms with van der Waals surface area (Å²) in [5.74, 6) is 0.652. The van der Waals surface area contributed by atoms with E-state index in [0.717, 1.165) is 12.0 Å². The lowest BCUT2D eigenvalue weighted by atomic mass is 10.1. The van der Waals surface area contributed by atoms with Gasteiger partial charge in [-0.25, -0.2) is 4.68 Å². The molecule has 2 N–H and O–H groups in total. The van der Waals surface area contributed by atoms with Crippen molar-refractivity contribution in [2.75, 3.05) is 5.73 Å². The Kier molecular flexibility index (Phi) is 3.28. The number of aromatic nitrogens is 4. The van der Waals surface area contributed by atoms with E-state index < -0.39 is 0 Å². The monoisotopic (exact) mass is 251 g/mol. The normalized spacial score (nSPS) is 12.6. The van der Waals surface area contributed by atoms with Crippen LogP contribution in [0.1, 0.15) is 26.3 Å². The first-order valence-electron chi connectivity index (χ1n) is 5.47. The number of benzene rings is 1. The van der Waals surface area contributed by atoms with Gasteiger partial charge in [0.2, 0.25) is 0 Å². The Morgan fingerprint density at radius 3 is 2.94 bits per heavy atom. The fourth-order valence-corrected chi connectivity index (χ4v) is 1.75. The molecule has 1 aromatic heterocycles. The third-order valence-corrected chi connectivity index (χ3v) is 3.12. The highest BCUT2D eigenvalue weighted by Gasteiger charge is 2.16. The summed E-state index contributed by atoms with van der Waals surface area (Å²) >= 11 is 5.99. The highest BCUT2D eigenvalue weighted by molar-refractivity contribution is 6.33. The molecule has 0 bridgehead atoms. The van der Waals surface area contributed by atoms with E-state index >= 15 is 0 Å². The van der Waals surface area contributed by atoms with E-state index in [2.05, 4.69) is 29.4 Å². The van der Waals surface area contributed by atoms with E-state index in [-0.39, 0.29) is 6.04 Å². The van der Waals surface area contributed by atoms with E-state index in [4.69, 9.17) is 17.3 Å². The van der Waals surface area contributed by atoms with E-state index in [1.807, 2.05) is 12.1 Å². The van der Waals surface area contributed by atoms with Gasteiger partial charge in [0, 0.05) is 5.56 Å². The molecular weight excluding hydrogens is 238 g/mol. The lowest BCUT2D eigenvalue weighted by molar-refractivity contribution is 0.469. The van der Waals surface area contributed by atoms with Gasteiger partial charge in [-0.2, -0.15) is 0 Å². The Hall–Kier alpha value is -1.62. The average Bonchev–Trinajstić information content (AvgIpc) is 2.80. The first-order chi connectivity index (χ1) is 8.15. The molecule has 0 radical (unpaired) electrons. The van der Waals surface area contributed by atoms with Crippen LogP contribution in [0.5, 0.6) is 0 Å². The van der Waals surface area contributed by atoms with Gasteiger partial charge in [0.05, 0.1) is 16.8 Å². The molecule has 0 spiro atoms. The summed E-state index contributed by atoms with van der Waals surface area (Å²) in [6.07, 6.45) is 0.943. The topological polar surface area (TPSA) is 69.6 Å². The molecule has 2 rings (SSSR count).